The molecule has 0 aliphatic rings. The van der Waals surface area contributed by atoms with E-state index in [1.807, 2.05) is 6.92 Å². The van der Waals surface area contributed by atoms with Gasteiger partial charge in [0.15, 0.2) is 9.79 Å². The number of esters is 1. The Hall–Kier alpha value is -1.74. The molecule has 2 aromatic carbocycles. The lowest BCUT2D eigenvalue weighted by atomic mass is 10.1. The smallest absolute Gasteiger partial charge is 0.360 e. The molecule has 0 saturated carbocycles. The Bertz CT molecular complexity index is 728. The minimum absolute atomic E-state index is 0.0919. The molecule has 0 N–H and O–H groups in total. The van der Waals surface area contributed by atoms with Gasteiger partial charge >= 0.3 is 5.97 Å². The highest BCUT2D eigenvalue weighted by molar-refractivity contribution is 7.98. The molecule has 0 saturated heterocycles. The highest BCUT2D eigenvalue weighted by Gasteiger charge is 2.45. The number of carbonyl (C=O) groups is 1. The molecule has 0 fully saturated rings. The van der Waals surface area contributed by atoms with Crippen molar-refractivity contribution < 1.29 is 9.53 Å². The summed E-state index contributed by atoms with van der Waals surface area (Å²) in [6.07, 6.45) is 0. The van der Waals surface area contributed by atoms with Crippen molar-refractivity contribution in [2.75, 3.05) is 6.61 Å². The van der Waals surface area contributed by atoms with Crippen LogP contribution in [0.15, 0.2) is 46.2 Å². The van der Waals surface area contributed by atoms with E-state index in [-0.39, 0.29) is 28.0 Å². The van der Waals surface area contributed by atoms with E-state index in [9.17, 15) is 4.79 Å². The summed E-state index contributed by atoms with van der Waals surface area (Å²) >= 11 is 0. The topological polar surface area (TPSA) is 26.3 Å². The minimum Gasteiger partial charge on any atom is -0.462 e. The molecule has 1 unspecified atom stereocenters. The van der Waals surface area contributed by atoms with Gasteiger partial charge in [-0.1, -0.05) is 49.2 Å². The van der Waals surface area contributed by atoms with Gasteiger partial charge in [-0.25, -0.2) is 4.79 Å². The maximum atomic E-state index is 12.9. The second kappa shape index (κ2) is 8.77. The molecule has 2 rings (SSSR count). The molecule has 0 bridgehead atoms. The molecule has 0 aliphatic heterocycles. The molecule has 0 amide bonds. The summed E-state index contributed by atoms with van der Waals surface area (Å²) in [4.78, 5) is 15.4. The third kappa shape index (κ3) is 4.50. The molecule has 2 nitrogen and oxygen atoms in total. The Morgan fingerprint density at radius 2 is 1.38 bits per heavy atom. The number of ether oxygens (including phenoxy) is 1. The molecule has 1 atom stereocenters. The fourth-order valence-electron chi connectivity index (χ4n) is 3.35. The highest BCUT2D eigenvalue weighted by atomic mass is 32.2. The highest BCUT2D eigenvalue weighted by Crippen LogP contribution is 2.36. The van der Waals surface area contributed by atoms with E-state index in [2.05, 4.69) is 77.9 Å². The van der Waals surface area contributed by atoms with Gasteiger partial charge in [0, 0.05) is 17.0 Å². The lowest BCUT2D eigenvalue weighted by Crippen LogP contribution is -2.37. The normalized spacial score (nSPS) is 12.5. The van der Waals surface area contributed by atoms with E-state index in [1.54, 1.807) is 0 Å². The molecule has 0 heterocycles. The van der Waals surface area contributed by atoms with Crippen LogP contribution in [0.25, 0.3) is 0 Å². The molecule has 26 heavy (non-hydrogen) atoms. The molecule has 0 aromatic heterocycles. The van der Waals surface area contributed by atoms with Crippen molar-refractivity contribution in [2.24, 2.45) is 5.92 Å². The van der Waals surface area contributed by atoms with Crippen molar-refractivity contribution >= 4 is 16.9 Å². The summed E-state index contributed by atoms with van der Waals surface area (Å²) in [5.41, 5.74) is 4.96. The van der Waals surface area contributed by atoms with Crippen molar-refractivity contribution in [3.05, 3.63) is 58.7 Å². The zero-order chi connectivity index (χ0) is 19.4. The average molecular weight is 372 g/mol. The standard InChI is InChI=1S/C23H31O2S/c1-8-25-23(24)22(15(2)3)26(20-11-9-16(4)13-18(20)6)21-12-10-17(5)14-19(21)7/h9-15,22H,8H2,1-7H3/q+1. The lowest BCUT2D eigenvalue weighted by Gasteiger charge is -2.22. The van der Waals surface area contributed by atoms with Crippen LogP contribution in [0.3, 0.4) is 0 Å². The first kappa shape index (κ1) is 20.6. The van der Waals surface area contributed by atoms with Crippen molar-refractivity contribution in [2.45, 2.75) is 63.5 Å². The van der Waals surface area contributed by atoms with E-state index in [4.69, 9.17) is 4.74 Å². The average Bonchev–Trinajstić information content (AvgIpc) is 2.53. The van der Waals surface area contributed by atoms with Gasteiger partial charge in [0.05, 0.1) is 17.5 Å². The van der Waals surface area contributed by atoms with Crippen LogP contribution in [-0.2, 0) is 20.4 Å². The second-order valence-corrected chi connectivity index (χ2v) is 9.36. The van der Waals surface area contributed by atoms with Crippen molar-refractivity contribution in [3.8, 4) is 0 Å². The van der Waals surface area contributed by atoms with Gasteiger partial charge in [-0.05, 0) is 46.8 Å². The second-order valence-electron chi connectivity index (χ2n) is 7.29. The van der Waals surface area contributed by atoms with Crippen LogP contribution in [0, 0.1) is 33.6 Å². The largest absolute Gasteiger partial charge is 0.462 e. The van der Waals surface area contributed by atoms with Crippen molar-refractivity contribution in [3.63, 3.8) is 0 Å². The number of rotatable bonds is 6. The first-order valence-corrected chi connectivity index (χ1v) is 10.6. The first-order chi connectivity index (χ1) is 12.3. The molecule has 0 aliphatic carbocycles. The van der Waals surface area contributed by atoms with Crippen molar-refractivity contribution in [1.29, 1.82) is 0 Å². The molecule has 140 valence electrons. The van der Waals surface area contributed by atoms with Crippen molar-refractivity contribution in [1.82, 2.24) is 0 Å². The number of carbonyl (C=O) groups excluding carboxylic acids is 1. The van der Waals surface area contributed by atoms with Crippen LogP contribution in [0.1, 0.15) is 43.0 Å². The summed E-state index contributed by atoms with van der Waals surface area (Å²) in [7, 11) is -0.365. The maximum absolute atomic E-state index is 12.9. The first-order valence-electron chi connectivity index (χ1n) is 9.30. The van der Waals surface area contributed by atoms with Crippen LogP contribution in [0.2, 0.25) is 0 Å². The molecule has 3 heteroatoms. The summed E-state index contributed by atoms with van der Waals surface area (Å²) in [5, 5.41) is -0.183. The van der Waals surface area contributed by atoms with Crippen LogP contribution in [0.4, 0.5) is 0 Å². The summed E-state index contributed by atoms with van der Waals surface area (Å²) < 4.78 is 5.48. The van der Waals surface area contributed by atoms with Gasteiger partial charge in [-0.15, -0.1) is 0 Å². The van der Waals surface area contributed by atoms with Gasteiger partial charge in [0.2, 0.25) is 5.25 Å². The van der Waals surface area contributed by atoms with Gasteiger partial charge in [-0.3, -0.25) is 0 Å². The third-order valence-electron chi connectivity index (χ3n) is 4.51. The van der Waals surface area contributed by atoms with Gasteiger partial charge in [0.1, 0.15) is 0 Å². The fourth-order valence-corrected chi connectivity index (χ4v) is 6.18. The Kier molecular flexibility index (Phi) is 6.94. The number of hydrogen-bond acceptors (Lipinski definition) is 2. The SMILES string of the molecule is CCOC(=O)C(C(C)C)[S+](c1ccc(C)cc1C)c1ccc(C)cc1C. The number of benzene rings is 2. The van der Waals surface area contributed by atoms with Crippen LogP contribution >= 0.6 is 0 Å². The van der Waals surface area contributed by atoms with E-state index >= 15 is 0 Å². The predicted molar refractivity (Wildman–Crippen MR) is 111 cm³/mol. The molecular formula is C23H31O2S+. The Morgan fingerprint density at radius 1 is 0.923 bits per heavy atom. The molecular weight excluding hydrogens is 340 g/mol. The lowest BCUT2D eigenvalue weighted by molar-refractivity contribution is -0.143. The third-order valence-corrected chi connectivity index (χ3v) is 7.62. The summed E-state index contributed by atoms with van der Waals surface area (Å²) in [6, 6.07) is 13.1. The summed E-state index contributed by atoms with van der Waals surface area (Å²) in [5.74, 6) is 0.101. The molecule has 0 spiro atoms. The van der Waals surface area contributed by atoms with Gasteiger partial charge in [-0.2, -0.15) is 0 Å². The minimum atomic E-state index is -0.365. The van der Waals surface area contributed by atoms with Crippen LogP contribution < -0.4 is 0 Å². The molecule has 2 aromatic rings. The van der Waals surface area contributed by atoms with E-state index in [0.717, 1.165) is 0 Å². The predicted octanol–water partition coefficient (Wildman–Crippen LogP) is 5.54. The van der Waals surface area contributed by atoms with Gasteiger partial charge in [0.25, 0.3) is 0 Å². The quantitative estimate of drug-likeness (QED) is 0.492. The maximum Gasteiger partial charge on any atom is 0.360 e. The Morgan fingerprint density at radius 3 is 1.73 bits per heavy atom. The van der Waals surface area contributed by atoms with E-state index in [0.29, 0.717) is 6.61 Å². The van der Waals surface area contributed by atoms with Crippen LogP contribution in [-0.4, -0.2) is 17.8 Å². The van der Waals surface area contributed by atoms with Crippen LogP contribution in [0.5, 0.6) is 0 Å². The monoisotopic (exact) mass is 371 g/mol. The Balaban J connectivity index is 2.69. The van der Waals surface area contributed by atoms with E-state index in [1.165, 1.54) is 32.0 Å². The molecule has 0 radical (unpaired) electrons. The zero-order valence-corrected chi connectivity index (χ0v) is 17.9. The Labute approximate surface area is 161 Å². The number of hydrogen-bond donors (Lipinski definition) is 0. The fraction of sp³-hybridized carbons (Fsp3) is 0.435. The van der Waals surface area contributed by atoms with E-state index < -0.39 is 0 Å². The number of aryl methyl sites for hydroxylation is 4. The van der Waals surface area contributed by atoms with Gasteiger partial charge < -0.3 is 4.74 Å². The zero-order valence-electron chi connectivity index (χ0n) is 17.1. The summed E-state index contributed by atoms with van der Waals surface area (Å²) in [6.45, 7) is 15.0.